The number of fused-ring (bicyclic) bond motifs is 1. The summed E-state index contributed by atoms with van der Waals surface area (Å²) in [6.07, 6.45) is 2.85. The Bertz CT molecular complexity index is 891. The van der Waals surface area contributed by atoms with Crippen molar-refractivity contribution in [2.75, 3.05) is 6.54 Å². The second kappa shape index (κ2) is 6.50. The number of alkyl carbamates (subject to hydrolysis) is 1. The van der Waals surface area contributed by atoms with Gasteiger partial charge in [0.15, 0.2) is 0 Å². The van der Waals surface area contributed by atoms with Gasteiger partial charge in [-0.2, -0.15) is 15.0 Å². The maximum Gasteiger partial charge on any atom is 0.407 e. The number of carbonyl (C=O) groups is 1. The van der Waals surface area contributed by atoms with Crippen molar-refractivity contribution in [1.82, 2.24) is 35.3 Å². The van der Waals surface area contributed by atoms with Gasteiger partial charge in [0.25, 0.3) is 0 Å². The zero-order valence-corrected chi connectivity index (χ0v) is 14.7. The van der Waals surface area contributed by atoms with Crippen LogP contribution in [0.15, 0.2) is 18.6 Å². The van der Waals surface area contributed by atoms with Gasteiger partial charge in [-0.1, -0.05) is 0 Å². The molecular formula is C16H21N7O2. The Balaban J connectivity index is 1.69. The van der Waals surface area contributed by atoms with E-state index in [0.29, 0.717) is 18.8 Å². The monoisotopic (exact) mass is 343 g/mol. The first-order valence-corrected chi connectivity index (χ1v) is 8.00. The Morgan fingerprint density at radius 1 is 1.28 bits per heavy atom. The van der Waals surface area contributed by atoms with E-state index < -0.39 is 11.7 Å². The van der Waals surface area contributed by atoms with Crippen LogP contribution in [0, 0.1) is 6.92 Å². The Labute approximate surface area is 144 Å². The van der Waals surface area contributed by atoms with Crippen molar-refractivity contribution in [3.8, 4) is 11.4 Å². The lowest BCUT2D eigenvalue weighted by Crippen LogP contribution is -2.34. The average Bonchev–Trinajstić information content (AvgIpc) is 3.11. The van der Waals surface area contributed by atoms with Crippen molar-refractivity contribution in [3.05, 3.63) is 24.3 Å². The van der Waals surface area contributed by atoms with Crippen LogP contribution in [-0.2, 0) is 11.3 Å². The molecule has 0 spiro atoms. The van der Waals surface area contributed by atoms with Crippen molar-refractivity contribution in [2.24, 2.45) is 0 Å². The highest BCUT2D eigenvalue weighted by Crippen LogP contribution is 2.24. The average molecular weight is 343 g/mol. The molecule has 3 aromatic rings. The van der Waals surface area contributed by atoms with Crippen molar-refractivity contribution in [3.63, 3.8) is 0 Å². The molecule has 1 amide bonds. The lowest BCUT2D eigenvalue weighted by atomic mass is 10.2. The molecule has 0 saturated heterocycles. The zero-order chi connectivity index (χ0) is 18.0. The van der Waals surface area contributed by atoms with Gasteiger partial charge in [0, 0.05) is 18.1 Å². The molecule has 0 aliphatic heterocycles. The first kappa shape index (κ1) is 16.9. The highest BCUT2D eigenvalue weighted by atomic mass is 16.6. The molecule has 132 valence electrons. The first-order valence-electron chi connectivity index (χ1n) is 8.00. The van der Waals surface area contributed by atoms with Crippen LogP contribution in [-0.4, -0.2) is 48.2 Å². The Morgan fingerprint density at radius 2 is 2.08 bits per heavy atom. The van der Waals surface area contributed by atoms with E-state index in [-0.39, 0.29) is 0 Å². The molecule has 9 nitrogen and oxygen atoms in total. The number of aryl methyl sites for hydroxylation is 1. The molecule has 9 heteroatoms. The van der Waals surface area contributed by atoms with Crippen molar-refractivity contribution in [1.29, 1.82) is 0 Å². The van der Waals surface area contributed by atoms with Gasteiger partial charge >= 0.3 is 6.09 Å². The molecule has 3 rings (SSSR count). The van der Waals surface area contributed by atoms with E-state index in [9.17, 15) is 4.79 Å². The molecule has 25 heavy (non-hydrogen) atoms. The number of nitrogens with one attached hydrogen (secondary N) is 2. The van der Waals surface area contributed by atoms with Crippen LogP contribution in [0.4, 0.5) is 4.79 Å². The Morgan fingerprint density at radius 3 is 2.84 bits per heavy atom. The van der Waals surface area contributed by atoms with E-state index >= 15 is 0 Å². The summed E-state index contributed by atoms with van der Waals surface area (Å²) < 4.78 is 5.19. The predicted molar refractivity (Wildman–Crippen MR) is 91.9 cm³/mol. The Hall–Kier alpha value is -2.97. The van der Waals surface area contributed by atoms with Gasteiger partial charge < -0.3 is 15.0 Å². The summed E-state index contributed by atoms with van der Waals surface area (Å²) in [6, 6.07) is 1.91. The van der Waals surface area contributed by atoms with E-state index in [0.717, 1.165) is 22.4 Å². The molecule has 0 saturated carbocycles. The Kier molecular flexibility index (Phi) is 4.39. The normalized spacial score (nSPS) is 11.7. The fourth-order valence-electron chi connectivity index (χ4n) is 2.38. The van der Waals surface area contributed by atoms with E-state index in [1.807, 2.05) is 40.0 Å². The van der Waals surface area contributed by atoms with Gasteiger partial charge in [-0.15, -0.1) is 0 Å². The largest absolute Gasteiger partial charge is 0.444 e. The van der Waals surface area contributed by atoms with Gasteiger partial charge in [-0.25, -0.2) is 14.8 Å². The third-order valence-corrected chi connectivity index (χ3v) is 3.38. The summed E-state index contributed by atoms with van der Waals surface area (Å²) in [7, 11) is 0. The second-order valence-corrected chi connectivity index (χ2v) is 6.62. The van der Waals surface area contributed by atoms with Crippen molar-refractivity contribution in [2.45, 2.75) is 39.8 Å². The molecule has 0 aliphatic carbocycles. The maximum absolute atomic E-state index is 11.7. The van der Waals surface area contributed by atoms with Gasteiger partial charge in [-0.3, -0.25) is 0 Å². The van der Waals surface area contributed by atoms with Crippen LogP contribution in [0.5, 0.6) is 0 Å². The van der Waals surface area contributed by atoms with Gasteiger partial charge in [0.05, 0.1) is 12.2 Å². The highest BCUT2D eigenvalue weighted by Gasteiger charge is 2.17. The molecule has 0 radical (unpaired) electrons. The zero-order valence-electron chi connectivity index (χ0n) is 14.7. The molecule has 0 bridgehead atoms. The van der Waals surface area contributed by atoms with Gasteiger partial charge in [0.2, 0.25) is 0 Å². The number of hydrogen-bond donors (Lipinski definition) is 2. The molecule has 3 heterocycles. The van der Waals surface area contributed by atoms with Crippen LogP contribution in [0.1, 0.15) is 26.5 Å². The van der Waals surface area contributed by atoms with E-state index in [1.165, 1.54) is 6.33 Å². The summed E-state index contributed by atoms with van der Waals surface area (Å²) in [5, 5.41) is 12.5. The van der Waals surface area contributed by atoms with Crippen LogP contribution in [0.3, 0.4) is 0 Å². The number of amides is 1. The van der Waals surface area contributed by atoms with Gasteiger partial charge in [0.1, 0.15) is 29.0 Å². The van der Waals surface area contributed by atoms with E-state index in [2.05, 4.69) is 30.5 Å². The highest BCUT2D eigenvalue weighted by molar-refractivity contribution is 5.89. The van der Waals surface area contributed by atoms with Crippen LogP contribution in [0.25, 0.3) is 22.4 Å². The van der Waals surface area contributed by atoms with Crippen molar-refractivity contribution >= 4 is 17.1 Å². The van der Waals surface area contributed by atoms with Crippen LogP contribution in [0.2, 0.25) is 0 Å². The predicted octanol–water partition coefficient (Wildman–Crippen LogP) is 2.05. The summed E-state index contributed by atoms with van der Waals surface area (Å²) in [5.41, 5.74) is 2.43. The molecular weight excluding hydrogens is 322 g/mol. The van der Waals surface area contributed by atoms with Crippen molar-refractivity contribution < 1.29 is 9.53 Å². The molecule has 2 N–H and O–H groups in total. The summed E-state index contributed by atoms with van der Waals surface area (Å²) in [6.45, 7) is 8.14. The first-order chi connectivity index (χ1) is 11.8. The fourth-order valence-corrected chi connectivity index (χ4v) is 2.38. The number of aromatic amines is 1. The molecule has 0 fully saturated rings. The number of nitrogens with zero attached hydrogens (tertiary/aromatic N) is 5. The quantitative estimate of drug-likeness (QED) is 0.750. The van der Waals surface area contributed by atoms with Crippen LogP contribution >= 0.6 is 0 Å². The number of hydrogen-bond acceptors (Lipinski definition) is 6. The van der Waals surface area contributed by atoms with E-state index in [1.54, 1.807) is 4.80 Å². The summed E-state index contributed by atoms with van der Waals surface area (Å²) in [5.74, 6) is 0. The third kappa shape index (κ3) is 3.93. The minimum atomic E-state index is -0.521. The standard InChI is InChI=1S/C16H21N7O2/c1-10-12(13-11-5-6-17-14(11)20-9-19-13)22-23(21-10)8-7-18-15(24)25-16(2,3)4/h5-6,9H,7-8H2,1-4H3,(H,18,24)(H,17,19,20). The SMILES string of the molecule is Cc1nn(CCNC(=O)OC(C)(C)C)nc1-c1ncnc2[nH]ccc12. The molecule has 0 unspecified atom stereocenters. The molecule has 3 aromatic heterocycles. The van der Waals surface area contributed by atoms with E-state index in [4.69, 9.17) is 4.74 Å². The number of aromatic nitrogens is 6. The summed E-state index contributed by atoms with van der Waals surface area (Å²) in [4.78, 5) is 24.8. The number of rotatable bonds is 4. The maximum atomic E-state index is 11.7. The number of ether oxygens (including phenoxy) is 1. The summed E-state index contributed by atoms with van der Waals surface area (Å²) >= 11 is 0. The van der Waals surface area contributed by atoms with Gasteiger partial charge in [-0.05, 0) is 33.8 Å². The van der Waals surface area contributed by atoms with Crippen LogP contribution < -0.4 is 5.32 Å². The second-order valence-electron chi connectivity index (χ2n) is 6.62. The smallest absolute Gasteiger partial charge is 0.407 e. The number of H-pyrrole nitrogens is 1. The molecule has 0 atom stereocenters. The minimum Gasteiger partial charge on any atom is -0.444 e. The topological polar surface area (TPSA) is 111 Å². The molecule has 0 aliphatic rings. The third-order valence-electron chi connectivity index (χ3n) is 3.38. The lowest BCUT2D eigenvalue weighted by Gasteiger charge is -2.19. The minimum absolute atomic E-state index is 0.367. The lowest BCUT2D eigenvalue weighted by molar-refractivity contribution is 0.0525. The number of carbonyl (C=O) groups excluding carboxylic acids is 1. The molecule has 0 aromatic carbocycles. The fraction of sp³-hybridized carbons (Fsp3) is 0.438.